The molecule has 120 valence electrons. The minimum Gasteiger partial charge on any atom is -0.459 e. The summed E-state index contributed by atoms with van der Waals surface area (Å²) < 4.78 is 7.02. The molecular formula is C16H18N4O3. The van der Waals surface area contributed by atoms with Gasteiger partial charge in [0.2, 0.25) is 5.91 Å². The number of aromatic nitrogens is 2. The van der Waals surface area contributed by atoms with Crippen molar-refractivity contribution < 1.29 is 14.0 Å². The highest BCUT2D eigenvalue weighted by Gasteiger charge is 2.36. The quantitative estimate of drug-likeness (QED) is 0.925. The summed E-state index contributed by atoms with van der Waals surface area (Å²) in [5.41, 5.74) is 1.65. The Morgan fingerprint density at radius 3 is 2.87 bits per heavy atom. The molecule has 1 aliphatic heterocycles. The van der Waals surface area contributed by atoms with E-state index in [9.17, 15) is 9.59 Å². The van der Waals surface area contributed by atoms with Crippen LogP contribution in [0.25, 0.3) is 0 Å². The molecule has 3 heterocycles. The van der Waals surface area contributed by atoms with Crippen molar-refractivity contribution in [3.05, 3.63) is 41.6 Å². The number of nitrogens with zero attached hydrogens (tertiary/aromatic N) is 3. The largest absolute Gasteiger partial charge is 0.459 e. The van der Waals surface area contributed by atoms with Gasteiger partial charge in [0.1, 0.15) is 6.04 Å². The molecule has 1 saturated carbocycles. The molecule has 2 aromatic heterocycles. The van der Waals surface area contributed by atoms with Gasteiger partial charge in [0.15, 0.2) is 5.76 Å². The number of fused-ring (bicyclic) bond motifs is 1. The lowest BCUT2D eigenvalue weighted by molar-refractivity contribution is -0.125. The van der Waals surface area contributed by atoms with E-state index < -0.39 is 6.04 Å². The minimum absolute atomic E-state index is 0.0777. The maximum Gasteiger partial charge on any atom is 0.290 e. The molecule has 1 N–H and O–H groups in total. The standard InChI is InChI=1S/C16H18N4O3/c1-10-5-7-23-14(10)16(22)19-8-12-4-6-17-20(12)13(9-19)15(21)18-11-2-3-11/h4-7,11,13H,2-3,8-9H2,1H3,(H,18,21)/t13-/m0/s1. The molecule has 0 spiro atoms. The Morgan fingerprint density at radius 1 is 1.35 bits per heavy atom. The first-order valence-corrected chi connectivity index (χ1v) is 7.79. The fourth-order valence-electron chi connectivity index (χ4n) is 2.90. The number of hydrogen-bond acceptors (Lipinski definition) is 4. The number of carbonyl (C=O) groups is 2. The van der Waals surface area contributed by atoms with Crippen molar-refractivity contribution in [3.63, 3.8) is 0 Å². The Kier molecular flexibility index (Phi) is 3.21. The summed E-state index contributed by atoms with van der Waals surface area (Å²) in [4.78, 5) is 26.8. The lowest BCUT2D eigenvalue weighted by Crippen LogP contribution is -2.47. The Labute approximate surface area is 133 Å². The zero-order valence-electron chi connectivity index (χ0n) is 12.9. The van der Waals surface area contributed by atoms with Crippen LogP contribution in [0.5, 0.6) is 0 Å². The number of carbonyl (C=O) groups excluding carboxylic acids is 2. The average molecular weight is 314 g/mol. The molecule has 23 heavy (non-hydrogen) atoms. The Hall–Kier alpha value is -2.57. The topological polar surface area (TPSA) is 80.4 Å². The lowest BCUT2D eigenvalue weighted by atomic mass is 10.1. The van der Waals surface area contributed by atoms with E-state index in [2.05, 4.69) is 10.4 Å². The van der Waals surface area contributed by atoms with Crippen molar-refractivity contribution in [2.45, 2.75) is 38.4 Å². The van der Waals surface area contributed by atoms with Crippen LogP contribution in [0.4, 0.5) is 0 Å². The van der Waals surface area contributed by atoms with E-state index >= 15 is 0 Å². The fourth-order valence-corrected chi connectivity index (χ4v) is 2.90. The Morgan fingerprint density at radius 2 is 2.17 bits per heavy atom. The molecule has 0 saturated heterocycles. The molecular weight excluding hydrogens is 296 g/mol. The lowest BCUT2D eigenvalue weighted by Gasteiger charge is -2.32. The van der Waals surface area contributed by atoms with Gasteiger partial charge in [-0.2, -0.15) is 5.10 Å². The summed E-state index contributed by atoms with van der Waals surface area (Å²) in [5.74, 6) is 0.0644. The van der Waals surface area contributed by atoms with E-state index in [-0.39, 0.29) is 17.9 Å². The Bertz CT molecular complexity index is 759. The molecule has 7 nitrogen and oxygen atoms in total. The van der Waals surface area contributed by atoms with E-state index in [0.29, 0.717) is 18.8 Å². The first-order chi connectivity index (χ1) is 11.1. The molecule has 0 radical (unpaired) electrons. The van der Waals surface area contributed by atoms with Gasteiger partial charge in [0.25, 0.3) is 5.91 Å². The van der Waals surface area contributed by atoms with Gasteiger partial charge < -0.3 is 14.6 Å². The van der Waals surface area contributed by atoms with Gasteiger partial charge in [-0.05, 0) is 31.9 Å². The molecule has 4 rings (SSSR count). The second-order valence-corrected chi connectivity index (χ2v) is 6.18. The van der Waals surface area contributed by atoms with Crippen LogP contribution >= 0.6 is 0 Å². The molecule has 2 aromatic rings. The molecule has 0 aromatic carbocycles. The summed E-state index contributed by atoms with van der Waals surface area (Å²) in [6.07, 6.45) is 5.23. The molecule has 2 amide bonds. The van der Waals surface area contributed by atoms with E-state index in [0.717, 1.165) is 24.1 Å². The van der Waals surface area contributed by atoms with E-state index in [1.807, 2.05) is 13.0 Å². The minimum atomic E-state index is -0.492. The third-order valence-electron chi connectivity index (χ3n) is 4.36. The predicted molar refractivity (Wildman–Crippen MR) is 80.6 cm³/mol. The van der Waals surface area contributed by atoms with Crippen molar-refractivity contribution in [3.8, 4) is 0 Å². The number of aryl methyl sites for hydroxylation is 1. The summed E-state index contributed by atoms with van der Waals surface area (Å²) in [6, 6.07) is 3.39. The second kappa shape index (κ2) is 5.26. The van der Waals surface area contributed by atoms with Gasteiger partial charge in [-0.3, -0.25) is 14.3 Å². The number of nitrogens with one attached hydrogen (secondary N) is 1. The fraction of sp³-hybridized carbons (Fsp3) is 0.438. The van der Waals surface area contributed by atoms with Crippen LogP contribution < -0.4 is 5.32 Å². The number of rotatable bonds is 3. The molecule has 2 aliphatic rings. The summed E-state index contributed by atoms with van der Waals surface area (Å²) in [5, 5.41) is 7.25. The van der Waals surface area contributed by atoms with Crippen molar-refractivity contribution >= 4 is 11.8 Å². The highest BCUT2D eigenvalue weighted by molar-refractivity contribution is 5.93. The van der Waals surface area contributed by atoms with Crippen molar-refractivity contribution in [2.24, 2.45) is 0 Å². The third kappa shape index (κ3) is 2.52. The Balaban J connectivity index is 1.60. The van der Waals surface area contributed by atoms with Crippen LogP contribution in [-0.4, -0.2) is 39.1 Å². The molecule has 0 unspecified atom stereocenters. The second-order valence-electron chi connectivity index (χ2n) is 6.18. The monoisotopic (exact) mass is 314 g/mol. The highest BCUT2D eigenvalue weighted by Crippen LogP contribution is 2.25. The first-order valence-electron chi connectivity index (χ1n) is 7.79. The van der Waals surface area contributed by atoms with Crippen LogP contribution in [-0.2, 0) is 11.3 Å². The normalized spacial score (nSPS) is 20.2. The zero-order valence-corrected chi connectivity index (χ0v) is 12.9. The predicted octanol–water partition coefficient (Wildman–Crippen LogP) is 1.26. The number of furan rings is 1. The van der Waals surface area contributed by atoms with Crippen LogP contribution in [0.3, 0.4) is 0 Å². The van der Waals surface area contributed by atoms with Crippen LogP contribution in [0, 0.1) is 6.92 Å². The van der Waals surface area contributed by atoms with Gasteiger partial charge in [-0.25, -0.2) is 0 Å². The van der Waals surface area contributed by atoms with Gasteiger partial charge in [0.05, 0.1) is 25.0 Å². The molecule has 0 bridgehead atoms. The van der Waals surface area contributed by atoms with Gasteiger partial charge >= 0.3 is 0 Å². The maximum atomic E-state index is 12.7. The molecule has 1 fully saturated rings. The molecule has 1 atom stereocenters. The summed E-state index contributed by atoms with van der Waals surface area (Å²) >= 11 is 0. The van der Waals surface area contributed by atoms with Gasteiger partial charge in [-0.1, -0.05) is 0 Å². The zero-order chi connectivity index (χ0) is 16.0. The number of hydrogen-bond donors (Lipinski definition) is 1. The SMILES string of the molecule is Cc1ccoc1C(=O)N1Cc2ccnn2[C@H](C(=O)NC2CC2)C1. The van der Waals surface area contributed by atoms with Crippen molar-refractivity contribution in [1.29, 1.82) is 0 Å². The smallest absolute Gasteiger partial charge is 0.290 e. The third-order valence-corrected chi connectivity index (χ3v) is 4.36. The van der Waals surface area contributed by atoms with Crippen LogP contribution in [0.2, 0.25) is 0 Å². The maximum absolute atomic E-state index is 12.7. The van der Waals surface area contributed by atoms with Crippen molar-refractivity contribution in [1.82, 2.24) is 20.0 Å². The van der Waals surface area contributed by atoms with Gasteiger partial charge in [0, 0.05) is 17.8 Å². The highest BCUT2D eigenvalue weighted by atomic mass is 16.3. The van der Waals surface area contributed by atoms with E-state index in [1.165, 1.54) is 6.26 Å². The number of amides is 2. The van der Waals surface area contributed by atoms with Crippen LogP contribution in [0.1, 0.15) is 40.7 Å². The first kappa shape index (κ1) is 14.0. The van der Waals surface area contributed by atoms with E-state index in [1.54, 1.807) is 21.8 Å². The summed E-state index contributed by atoms with van der Waals surface area (Å²) in [7, 11) is 0. The summed E-state index contributed by atoms with van der Waals surface area (Å²) in [6.45, 7) is 2.56. The van der Waals surface area contributed by atoms with E-state index in [4.69, 9.17) is 4.42 Å². The van der Waals surface area contributed by atoms with Crippen LogP contribution in [0.15, 0.2) is 29.0 Å². The molecule has 1 aliphatic carbocycles. The average Bonchev–Trinajstić information content (AvgIpc) is 3.06. The van der Waals surface area contributed by atoms with Gasteiger partial charge in [-0.15, -0.1) is 0 Å². The van der Waals surface area contributed by atoms with Crippen molar-refractivity contribution in [2.75, 3.05) is 6.54 Å². The molecule has 7 heteroatoms.